The smallest absolute Gasteiger partial charge is 0.416 e. The van der Waals surface area contributed by atoms with E-state index in [2.05, 4.69) is 0 Å². The molecule has 2 aromatic carbocycles. The molecule has 1 fully saturated rings. The average Bonchev–Trinajstić information content (AvgIpc) is 3.18. The summed E-state index contributed by atoms with van der Waals surface area (Å²) in [5.41, 5.74) is -1.54. The normalized spacial score (nSPS) is 18.3. The molecule has 178 valence electrons. The summed E-state index contributed by atoms with van der Waals surface area (Å²) < 4.78 is 51.5. The van der Waals surface area contributed by atoms with Crippen molar-refractivity contribution in [2.24, 2.45) is 0 Å². The molecule has 0 spiro atoms. The standard InChI is InChI=1S/C22H15ClF3NO7/c23-14-3-1-2-12-16(28)8-18(34-19(12)14)13-5-4-10(22(24,25)26)6-17(13)33-11-7-15(20(29)30)27(9-11)21(31)32/h1-6,8,11,15H,7,9H2,(H,29,30)(H,31,32)/t11-,15+/m1/s1. The number of alkyl halides is 3. The van der Waals surface area contributed by atoms with Crippen LogP contribution in [0.15, 0.2) is 51.7 Å². The summed E-state index contributed by atoms with van der Waals surface area (Å²) in [6, 6.07) is 6.67. The number of likely N-dealkylation sites (tertiary alicyclic amines) is 1. The second-order valence-corrected chi connectivity index (χ2v) is 7.97. The van der Waals surface area contributed by atoms with E-state index in [1.165, 1.54) is 12.1 Å². The number of carboxylic acid groups (broad SMARTS) is 2. The molecule has 3 aromatic rings. The van der Waals surface area contributed by atoms with Crippen LogP contribution < -0.4 is 10.2 Å². The molecule has 2 N–H and O–H groups in total. The van der Waals surface area contributed by atoms with Crippen molar-refractivity contribution in [1.82, 2.24) is 4.90 Å². The zero-order valence-electron chi connectivity index (χ0n) is 17.0. The maximum Gasteiger partial charge on any atom is 0.416 e. The molecule has 1 saturated heterocycles. The number of halogens is 4. The van der Waals surface area contributed by atoms with E-state index >= 15 is 0 Å². The van der Waals surface area contributed by atoms with Crippen molar-refractivity contribution in [3.63, 3.8) is 0 Å². The SMILES string of the molecule is O=C(O)[C@@H]1C[C@@H](Oc2cc(C(F)(F)F)ccc2-c2cc(=O)c3cccc(Cl)c3o2)CN1C(=O)O. The van der Waals surface area contributed by atoms with Gasteiger partial charge in [-0.05, 0) is 30.3 Å². The molecule has 0 bridgehead atoms. The van der Waals surface area contributed by atoms with Gasteiger partial charge in [-0.1, -0.05) is 17.7 Å². The van der Waals surface area contributed by atoms with Gasteiger partial charge in [0, 0.05) is 12.5 Å². The predicted molar refractivity (Wildman–Crippen MR) is 113 cm³/mol. The molecule has 8 nitrogen and oxygen atoms in total. The van der Waals surface area contributed by atoms with Gasteiger partial charge in [0.15, 0.2) is 11.0 Å². The van der Waals surface area contributed by atoms with E-state index in [1.54, 1.807) is 6.07 Å². The van der Waals surface area contributed by atoms with E-state index < -0.39 is 41.4 Å². The van der Waals surface area contributed by atoms with Gasteiger partial charge in [0.2, 0.25) is 0 Å². The molecule has 0 aliphatic carbocycles. The maximum atomic E-state index is 13.4. The first-order valence-electron chi connectivity index (χ1n) is 9.78. The second-order valence-electron chi connectivity index (χ2n) is 7.56. The summed E-state index contributed by atoms with van der Waals surface area (Å²) in [6.45, 7) is -0.379. The zero-order chi connectivity index (χ0) is 24.8. The van der Waals surface area contributed by atoms with Gasteiger partial charge < -0.3 is 19.4 Å². The minimum absolute atomic E-state index is 0.0208. The Morgan fingerprint density at radius 1 is 1.15 bits per heavy atom. The molecule has 0 radical (unpaired) electrons. The second kappa shape index (κ2) is 8.56. The van der Waals surface area contributed by atoms with Crippen molar-refractivity contribution >= 4 is 34.6 Å². The van der Waals surface area contributed by atoms with E-state index in [4.69, 9.17) is 20.8 Å². The first-order valence-corrected chi connectivity index (χ1v) is 10.2. The summed E-state index contributed by atoms with van der Waals surface area (Å²) in [4.78, 5) is 36.0. The maximum absolute atomic E-state index is 13.4. The predicted octanol–water partition coefficient (Wildman–Crippen LogP) is 4.72. The molecule has 0 saturated carbocycles. The molecular weight excluding hydrogens is 483 g/mol. The van der Waals surface area contributed by atoms with Crippen molar-refractivity contribution in [2.75, 3.05) is 6.54 Å². The largest absolute Gasteiger partial charge is 0.488 e. The van der Waals surface area contributed by atoms with Crippen molar-refractivity contribution in [2.45, 2.75) is 24.7 Å². The Morgan fingerprint density at radius 2 is 1.88 bits per heavy atom. The molecule has 2 atom stereocenters. The van der Waals surface area contributed by atoms with Gasteiger partial charge in [-0.3, -0.25) is 9.69 Å². The first kappa shape index (κ1) is 23.4. The number of carbonyl (C=O) groups is 2. The number of hydrogen-bond donors (Lipinski definition) is 2. The number of para-hydroxylation sites is 1. The lowest BCUT2D eigenvalue weighted by Crippen LogP contribution is -2.39. The Kier molecular flexibility index (Phi) is 5.90. The molecule has 2 heterocycles. The van der Waals surface area contributed by atoms with Crippen LogP contribution >= 0.6 is 11.6 Å². The van der Waals surface area contributed by atoms with Crippen LogP contribution in [0.3, 0.4) is 0 Å². The van der Waals surface area contributed by atoms with E-state index in [1.807, 2.05) is 0 Å². The summed E-state index contributed by atoms with van der Waals surface area (Å²) in [5, 5.41) is 18.8. The van der Waals surface area contributed by atoms with Gasteiger partial charge in [-0.2, -0.15) is 13.2 Å². The number of aliphatic carboxylic acids is 1. The van der Waals surface area contributed by atoms with Gasteiger partial charge >= 0.3 is 18.2 Å². The topological polar surface area (TPSA) is 117 Å². The molecule has 12 heteroatoms. The van der Waals surface area contributed by atoms with Gasteiger partial charge in [0.05, 0.1) is 28.1 Å². The van der Waals surface area contributed by atoms with Crippen LogP contribution in [-0.2, 0) is 11.0 Å². The average molecular weight is 498 g/mol. The summed E-state index contributed by atoms with van der Waals surface area (Å²) in [6.07, 6.45) is -7.57. The Bertz CT molecular complexity index is 1330. The fraction of sp³-hybridized carbons (Fsp3) is 0.227. The lowest BCUT2D eigenvalue weighted by atomic mass is 10.1. The number of fused-ring (bicyclic) bond motifs is 1. The van der Waals surface area contributed by atoms with Gasteiger partial charge in [-0.25, -0.2) is 9.59 Å². The van der Waals surface area contributed by atoms with Crippen LogP contribution in [0, 0.1) is 0 Å². The monoisotopic (exact) mass is 497 g/mol. The Hall–Kier alpha value is -3.73. The van der Waals surface area contributed by atoms with E-state index in [0.29, 0.717) is 11.0 Å². The summed E-state index contributed by atoms with van der Waals surface area (Å²) >= 11 is 6.11. The number of benzene rings is 2. The Balaban J connectivity index is 1.80. The number of ether oxygens (including phenoxy) is 1. The highest BCUT2D eigenvalue weighted by atomic mass is 35.5. The fourth-order valence-corrected chi connectivity index (χ4v) is 4.00. The zero-order valence-corrected chi connectivity index (χ0v) is 17.8. The Morgan fingerprint density at radius 3 is 2.50 bits per heavy atom. The van der Waals surface area contributed by atoms with Crippen molar-refractivity contribution in [3.8, 4) is 17.1 Å². The molecule has 1 aromatic heterocycles. The van der Waals surface area contributed by atoms with Crippen LogP contribution in [0.2, 0.25) is 5.02 Å². The minimum Gasteiger partial charge on any atom is -0.488 e. The van der Waals surface area contributed by atoms with Crippen LogP contribution in [0.25, 0.3) is 22.3 Å². The van der Waals surface area contributed by atoms with Crippen LogP contribution in [0.1, 0.15) is 12.0 Å². The number of amides is 1. The lowest BCUT2D eigenvalue weighted by molar-refractivity contribution is -0.141. The van der Waals surface area contributed by atoms with E-state index in [-0.39, 0.29) is 46.0 Å². The number of nitrogens with zero attached hydrogens (tertiary/aromatic N) is 1. The molecule has 4 rings (SSSR count). The van der Waals surface area contributed by atoms with Crippen LogP contribution in [-0.4, -0.2) is 45.9 Å². The highest BCUT2D eigenvalue weighted by Crippen LogP contribution is 2.39. The summed E-state index contributed by atoms with van der Waals surface area (Å²) in [5.74, 6) is -1.89. The number of rotatable bonds is 4. The number of carboxylic acids is 1. The quantitative estimate of drug-likeness (QED) is 0.535. The van der Waals surface area contributed by atoms with Crippen LogP contribution in [0.4, 0.5) is 18.0 Å². The summed E-state index contributed by atoms with van der Waals surface area (Å²) in [7, 11) is 0. The van der Waals surface area contributed by atoms with E-state index in [0.717, 1.165) is 18.2 Å². The minimum atomic E-state index is -4.73. The molecule has 34 heavy (non-hydrogen) atoms. The molecular formula is C22H15ClF3NO7. The third kappa shape index (κ3) is 4.38. The first-order chi connectivity index (χ1) is 16.0. The van der Waals surface area contributed by atoms with Crippen LogP contribution in [0.5, 0.6) is 5.75 Å². The van der Waals surface area contributed by atoms with E-state index in [9.17, 15) is 37.8 Å². The lowest BCUT2D eigenvalue weighted by Gasteiger charge is -2.19. The third-order valence-electron chi connectivity index (χ3n) is 5.37. The highest BCUT2D eigenvalue weighted by molar-refractivity contribution is 6.34. The number of hydrogen-bond acceptors (Lipinski definition) is 5. The molecule has 1 aliphatic heterocycles. The van der Waals surface area contributed by atoms with Gasteiger partial charge in [0.1, 0.15) is 23.7 Å². The van der Waals surface area contributed by atoms with Gasteiger partial charge in [-0.15, -0.1) is 0 Å². The molecule has 1 aliphatic rings. The highest BCUT2D eigenvalue weighted by Gasteiger charge is 2.41. The third-order valence-corrected chi connectivity index (χ3v) is 5.67. The molecule has 1 amide bonds. The van der Waals surface area contributed by atoms with Crippen molar-refractivity contribution < 1.29 is 42.1 Å². The van der Waals surface area contributed by atoms with Gasteiger partial charge in [0.25, 0.3) is 0 Å². The fourth-order valence-electron chi connectivity index (χ4n) is 3.78. The van der Waals surface area contributed by atoms with Crippen molar-refractivity contribution in [3.05, 3.63) is 63.3 Å². The Labute approximate surface area is 193 Å². The molecule has 0 unspecified atom stereocenters. The van der Waals surface area contributed by atoms with Crippen molar-refractivity contribution in [1.29, 1.82) is 0 Å².